The van der Waals surface area contributed by atoms with E-state index in [1.165, 1.54) is 29.5 Å². The first-order chi connectivity index (χ1) is 13.6. The minimum atomic E-state index is -0.334. The third-order valence-electron chi connectivity index (χ3n) is 4.89. The van der Waals surface area contributed by atoms with Crippen molar-refractivity contribution in [1.82, 2.24) is 19.9 Å². The average Bonchev–Trinajstić information content (AvgIpc) is 3.22. The largest absolute Gasteiger partial charge is 0.342 e. The number of amides is 1. The molecule has 1 aliphatic heterocycles. The van der Waals surface area contributed by atoms with Gasteiger partial charge in [-0.25, -0.2) is 14.4 Å². The number of rotatable bonds is 4. The predicted octanol–water partition coefficient (Wildman–Crippen LogP) is 2.98. The first-order valence-corrected chi connectivity index (χ1v) is 10.00. The summed E-state index contributed by atoms with van der Waals surface area (Å²) in [6.45, 7) is 1.17. The van der Waals surface area contributed by atoms with Crippen LogP contribution in [0.1, 0.15) is 30.1 Å². The maximum absolute atomic E-state index is 13.3. The van der Waals surface area contributed by atoms with E-state index >= 15 is 0 Å². The molecule has 1 aromatic carbocycles. The van der Waals surface area contributed by atoms with E-state index in [2.05, 4.69) is 15.0 Å². The maximum atomic E-state index is 13.3. The SMILES string of the molecule is O=C(Cc1cccc(F)c1)N1CCC(c2nc(-c3nccs3)cc(=O)[nH]2)CC1. The normalized spacial score (nSPS) is 15.0. The molecule has 6 nitrogen and oxygen atoms in total. The second kappa shape index (κ2) is 8.02. The highest BCUT2D eigenvalue weighted by molar-refractivity contribution is 7.13. The number of thiazole rings is 1. The first-order valence-electron chi connectivity index (χ1n) is 9.12. The molecule has 4 rings (SSSR count). The molecule has 1 N–H and O–H groups in total. The summed E-state index contributed by atoms with van der Waals surface area (Å²) in [6, 6.07) is 7.59. The quantitative estimate of drug-likeness (QED) is 0.733. The van der Waals surface area contributed by atoms with Gasteiger partial charge in [0, 0.05) is 36.7 Å². The van der Waals surface area contributed by atoms with Crippen molar-refractivity contribution in [2.75, 3.05) is 13.1 Å². The summed E-state index contributed by atoms with van der Waals surface area (Å²) >= 11 is 1.44. The number of carbonyl (C=O) groups excluding carboxylic acids is 1. The van der Waals surface area contributed by atoms with Crippen molar-refractivity contribution in [3.05, 3.63) is 69.5 Å². The molecule has 0 saturated carbocycles. The van der Waals surface area contributed by atoms with E-state index in [1.807, 2.05) is 5.38 Å². The van der Waals surface area contributed by atoms with E-state index < -0.39 is 0 Å². The Morgan fingerprint density at radius 1 is 1.29 bits per heavy atom. The Morgan fingerprint density at radius 2 is 2.11 bits per heavy atom. The summed E-state index contributed by atoms with van der Waals surface area (Å²) in [5.41, 5.74) is 1.06. The summed E-state index contributed by atoms with van der Waals surface area (Å²) in [4.78, 5) is 38.0. The molecule has 28 heavy (non-hydrogen) atoms. The van der Waals surface area contributed by atoms with Crippen LogP contribution in [0.15, 0.2) is 46.7 Å². The number of piperidine rings is 1. The second-order valence-electron chi connectivity index (χ2n) is 6.81. The zero-order valence-electron chi connectivity index (χ0n) is 15.1. The van der Waals surface area contributed by atoms with Gasteiger partial charge in [-0.2, -0.15) is 0 Å². The van der Waals surface area contributed by atoms with Crippen molar-refractivity contribution in [2.24, 2.45) is 0 Å². The van der Waals surface area contributed by atoms with E-state index in [0.717, 1.165) is 17.8 Å². The van der Waals surface area contributed by atoms with Crippen LogP contribution in [0.5, 0.6) is 0 Å². The highest BCUT2D eigenvalue weighted by Crippen LogP contribution is 2.27. The molecule has 0 bridgehead atoms. The summed E-state index contributed by atoms with van der Waals surface area (Å²) in [6.07, 6.45) is 3.32. The summed E-state index contributed by atoms with van der Waals surface area (Å²) in [5, 5.41) is 2.57. The highest BCUT2D eigenvalue weighted by Gasteiger charge is 2.26. The number of aromatic nitrogens is 3. The van der Waals surface area contributed by atoms with Crippen molar-refractivity contribution in [2.45, 2.75) is 25.2 Å². The van der Waals surface area contributed by atoms with Gasteiger partial charge in [0.15, 0.2) is 0 Å². The Balaban J connectivity index is 1.41. The van der Waals surface area contributed by atoms with E-state index in [0.29, 0.717) is 30.2 Å². The fourth-order valence-corrected chi connectivity index (χ4v) is 4.06. The number of nitrogens with one attached hydrogen (secondary N) is 1. The Hall–Kier alpha value is -2.87. The van der Waals surface area contributed by atoms with E-state index in [1.54, 1.807) is 23.2 Å². The molecule has 1 fully saturated rings. The van der Waals surface area contributed by atoms with Crippen LogP contribution in [0.2, 0.25) is 0 Å². The van der Waals surface area contributed by atoms with E-state index in [-0.39, 0.29) is 29.6 Å². The summed E-state index contributed by atoms with van der Waals surface area (Å²) in [5.74, 6) is 0.391. The number of carbonyl (C=O) groups is 1. The van der Waals surface area contributed by atoms with Crippen molar-refractivity contribution in [3.8, 4) is 10.7 Å². The lowest BCUT2D eigenvalue weighted by Gasteiger charge is -2.31. The molecule has 8 heteroatoms. The topological polar surface area (TPSA) is 79.0 Å². The summed E-state index contributed by atoms with van der Waals surface area (Å²) in [7, 11) is 0. The van der Waals surface area contributed by atoms with Crippen LogP contribution in [-0.2, 0) is 11.2 Å². The second-order valence-corrected chi connectivity index (χ2v) is 7.71. The molecule has 1 amide bonds. The molecule has 1 aliphatic rings. The molecule has 2 aromatic heterocycles. The van der Waals surface area contributed by atoms with Crippen LogP contribution < -0.4 is 5.56 Å². The van der Waals surface area contributed by atoms with Gasteiger partial charge in [-0.3, -0.25) is 9.59 Å². The van der Waals surface area contributed by atoms with Crippen LogP contribution in [0, 0.1) is 5.82 Å². The zero-order valence-corrected chi connectivity index (χ0v) is 15.9. The highest BCUT2D eigenvalue weighted by atomic mass is 32.1. The predicted molar refractivity (Wildman–Crippen MR) is 105 cm³/mol. The number of H-pyrrole nitrogens is 1. The number of benzene rings is 1. The Bertz CT molecular complexity index is 1030. The van der Waals surface area contributed by atoms with Gasteiger partial charge in [-0.1, -0.05) is 12.1 Å². The third-order valence-corrected chi connectivity index (χ3v) is 5.69. The molecule has 1 saturated heterocycles. The monoisotopic (exact) mass is 398 g/mol. The zero-order chi connectivity index (χ0) is 19.5. The molecule has 144 valence electrons. The lowest BCUT2D eigenvalue weighted by molar-refractivity contribution is -0.131. The van der Waals surface area contributed by atoms with Crippen molar-refractivity contribution >= 4 is 17.2 Å². The van der Waals surface area contributed by atoms with Crippen LogP contribution >= 0.6 is 11.3 Å². The van der Waals surface area contributed by atoms with Crippen LogP contribution in [-0.4, -0.2) is 38.8 Å². The standard InChI is InChI=1S/C20H19FN4O2S/c21-15-3-1-2-13(10-15)11-18(27)25-7-4-14(5-8-25)19-23-16(12-17(26)24-19)20-22-6-9-28-20/h1-3,6,9-10,12,14H,4-5,7-8,11H2,(H,23,24,26). The van der Waals surface area contributed by atoms with Crippen molar-refractivity contribution < 1.29 is 9.18 Å². The van der Waals surface area contributed by atoms with Crippen LogP contribution in [0.3, 0.4) is 0 Å². The molecule has 0 radical (unpaired) electrons. The number of likely N-dealkylation sites (tertiary alicyclic amines) is 1. The molecule has 0 unspecified atom stereocenters. The first kappa shape index (κ1) is 18.5. The number of aromatic amines is 1. The fraction of sp³-hybridized carbons (Fsp3) is 0.300. The molecular formula is C20H19FN4O2S. The van der Waals surface area contributed by atoms with E-state index in [4.69, 9.17) is 0 Å². The van der Waals surface area contributed by atoms with Crippen LogP contribution in [0.25, 0.3) is 10.7 Å². The molecule has 0 atom stereocenters. The molecule has 0 spiro atoms. The third kappa shape index (κ3) is 4.17. The lowest BCUT2D eigenvalue weighted by Crippen LogP contribution is -2.39. The Morgan fingerprint density at radius 3 is 2.82 bits per heavy atom. The smallest absolute Gasteiger partial charge is 0.251 e. The van der Waals surface area contributed by atoms with E-state index in [9.17, 15) is 14.0 Å². The van der Waals surface area contributed by atoms with Gasteiger partial charge >= 0.3 is 0 Å². The van der Waals surface area contributed by atoms with Gasteiger partial charge in [-0.15, -0.1) is 11.3 Å². The summed E-state index contributed by atoms with van der Waals surface area (Å²) < 4.78 is 13.3. The molecule has 0 aliphatic carbocycles. The molecule has 3 heterocycles. The number of halogens is 1. The van der Waals surface area contributed by atoms with Gasteiger partial charge in [-0.05, 0) is 30.5 Å². The van der Waals surface area contributed by atoms with Crippen molar-refractivity contribution in [1.29, 1.82) is 0 Å². The Kier molecular flexibility index (Phi) is 5.29. The van der Waals surface area contributed by atoms with Gasteiger partial charge in [0.2, 0.25) is 5.91 Å². The van der Waals surface area contributed by atoms with Gasteiger partial charge in [0.05, 0.1) is 6.42 Å². The van der Waals surface area contributed by atoms with Gasteiger partial charge in [0.1, 0.15) is 22.3 Å². The van der Waals surface area contributed by atoms with Crippen molar-refractivity contribution in [3.63, 3.8) is 0 Å². The maximum Gasteiger partial charge on any atom is 0.251 e. The lowest BCUT2D eigenvalue weighted by atomic mass is 9.95. The van der Waals surface area contributed by atoms with Gasteiger partial charge in [0.25, 0.3) is 5.56 Å². The number of nitrogens with zero attached hydrogens (tertiary/aromatic N) is 3. The minimum absolute atomic E-state index is 0.0120. The Labute approximate surface area is 165 Å². The number of hydrogen-bond acceptors (Lipinski definition) is 5. The molecular weight excluding hydrogens is 379 g/mol. The van der Waals surface area contributed by atoms with Gasteiger partial charge < -0.3 is 9.88 Å². The average molecular weight is 398 g/mol. The molecule has 3 aromatic rings. The fourth-order valence-electron chi connectivity index (χ4n) is 3.47. The minimum Gasteiger partial charge on any atom is -0.342 e. The number of hydrogen-bond donors (Lipinski definition) is 1. The van der Waals surface area contributed by atoms with Crippen LogP contribution in [0.4, 0.5) is 4.39 Å².